The van der Waals surface area contributed by atoms with Gasteiger partial charge in [0, 0.05) is 23.4 Å². The molecule has 0 aliphatic heterocycles. The van der Waals surface area contributed by atoms with Gasteiger partial charge in [-0.25, -0.2) is 4.68 Å². The van der Waals surface area contributed by atoms with Gasteiger partial charge in [-0.1, -0.05) is 0 Å². The number of nitrogens with zero attached hydrogens (tertiary/aromatic N) is 3. The van der Waals surface area contributed by atoms with E-state index in [1.165, 1.54) is 12.1 Å². The molecule has 3 rings (SSSR count). The number of non-ortho nitro benzene ring substituents is 1. The molecule has 0 saturated heterocycles. The minimum Gasteiger partial charge on any atom is -0.296 e. The normalized spacial score (nSPS) is 13.3. The van der Waals surface area contributed by atoms with Crippen molar-refractivity contribution in [2.24, 2.45) is 0 Å². The van der Waals surface area contributed by atoms with Crippen LogP contribution in [0.3, 0.4) is 0 Å². The number of hydrogen-bond acceptors (Lipinski definition) is 4. The van der Waals surface area contributed by atoms with Gasteiger partial charge in [0.15, 0.2) is 6.29 Å². The van der Waals surface area contributed by atoms with Crippen LogP contribution in [0.25, 0.3) is 5.69 Å². The lowest BCUT2D eigenvalue weighted by Crippen LogP contribution is -2.01. The second-order valence-corrected chi connectivity index (χ2v) is 4.47. The summed E-state index contributed by atoms with van der Waals surface area (Å²) in [6.45, 7) is 0. The number of aldehydes is 1. The number of nitro benzene ring substituents is 1. The molecule has 0 N–H and O–H groups in total. The number of aromatic nitrogens is 2. The average molecular weight is 257 g/mol. The number of fused-ring (bicyclic) bond motifs is 1. The first-order valence-electron chi connectivity index (χ1n) is 6.01. The van der Waals surface area contributed by atoms with Crippen LogP contribution in [0.4, 0.5) is 5.69 Å². The summed E-state index contributed by atoms with van der Waals surface area (Å²) < 4.78 is 1.72. The number of hydrogen-bond donors (Lipinski definition) is 0. The van der Waals surface area contributed by atoms with Crippen LogP contribution in [0, 0.1) is 10.1 Å². The van der Waals surface area contributed by atoms with Crippen molar-refractivity contribution in [2.75, 3.05) is 0 Å². The fraction of sp³-hybridized carbons (Fsp3) is 0.231. The Morgan fingerprint density at radius 2 is 2.00 bits per heavy atom. The maximum Gasteiger partial charge on any atom is 0.269 e. The van der Waals surface area contributed by atoms with E-state index in [0.29, 0.717) is 5.69 Å². The number of nitro groups is 1. The Morgan fingerprint density at radius 1 is 1.26 bits per heavy atom. The van der Waals surface area contributed by atoms with Crippen molar-refractivity contribution in [1.82, 2.24) is 9.78 Å². The Labute approximate surface area is 108 Å². The molecule has 96 valence electrons. The summed E-state index contributed by atoms with van der Waals surface area (Å²) >= 11 is 0. The van der Waals surface area contributed by atoms with Gasteiger partial charge in [-0.2, -0.15) is 5.10 Å². The van der Waals surface area contributed by atoms with Crippen LogP contribution in [-0.2, 0) is 12.8 Å². The highest BCUT2D eigenvalue weighted by Crippen LogP contribution is 2.27. The van der Waals surface area contributed by atoms with Crippen LogP contribution in [-0.4, -0.2) is 21.0 Å². The third kappa shape index (κ3) is 1.81. The molecular formula is C13H11N3O3. The highest BCUT2D eigenvalue weighted by molar-refractivity contribution is 5.75. The van der Waals surface area contributed by atoms with Crippen LogP contribution >= 0.6 is 0 Å². The molecule has 0 radical (unpaired) electrons. The Morgan fingerprint density at radius 3 is 2.63 bits per heavy atom. The molecule has 1 aliphatic rings. The summed E-state index contributed by atoms with van der Waals surface area (Å²) in [5, 5.41) is 14.9. The molecule has 6 heteroatoms. The number of carbonyl (C=O) groups is 1. The monoisotopic (exact) mass is 257 g/mol. The van der Waals surface area contributed by atoms with Crippen molar-refractivity contribution in [1.29, 1.82) is 0 Å². The quantitative estimate of drug-likeness (QED) is 0.479. The van der Waals surface area contributed by atoms with E-state index >= 15 is 0 Å². The largest absolute Gasteiger partial charge is 0.296 e. The van der Waals surface area contributed by atoms with Crippen LogP contribution in [0.1, 0.15) is 28.2 Å². The number of carbonyl (C=O) groups excluding carboxylic acids is 1. The van der Waals surface area contributed by atoms with Gasteiger partial charge in [0.05, 0.1) is 10.6 Å². The molecule has 0 bridgehead atoms. The topological polar surface area (TPSA) is 78.0 Å². The first-order chi connectivity index (χ1) is 9.20. The molecule has 19 heavy (non-hydrogen) atoms. The molecule has 0 atom stereocenters. The second-order valence-electron chi connectivity index (χ2n) is 4.47. The van der Waals surface area contributed by atoms with E-state index in [1.807, 2.05) is 0 Å². The predicted octanol–water partition coefficient (Wildman–Crippen LogP) is 2.08. The summed E-state index contributed by atoms with van der Waals surface area (Å²) in [5.74, 6) is 0. The molecule has 0 fully saturated rings. The van der Waals surface area contributed by atoms with Gasteiger partial charge in [0.2, 0.25) is 0 Å². The van der Waals surface area contributed by atoms with Crippen molar-refractivity contribution < 1.29 is 9.72 Å². The molecule has 0 spiro atoms. The Kier molecular flexibility index (Phi) is 2.63. The second kappa shape index (κ2) is 4.31. The standard InChI is InChI=1S/C13H11N3O3/c17-8-12-11-2-1-3-13(11)15(14-12)9-4-6-10(7-5-9)16(18)19/h4-8H,1-3H2. The van der Waals surface area contributed by atoms with Crippen molar-refractivity contribution in [3.8, 4) is 5.69 Å². The zero-order chi connectivity index (χ0) is 13.4. The summed E-state index contributed by atoms with van der Waals surface area (Å²) in [5.41, 5.74) is 3.31. The van der Waals surface area contributed by atoms with Crippen molar-refractivity contribution >= 4 is 12.0 Å². The van der Waals surface area contributed by atoms with Crippen LogP contribution in [0.2, 0.25) is 0 Å². The third-order valence-corrected chi connectivity index (χ3v) is 3.38. The number of benzene rings is 1. The van der Waals surface area contributed by atoms with E-state index in [0.717, 1.165) is 42.5 Å². The highest BCUT2D eigenvalue weighted by Gasteiger charge is 2.22. The molecule has 0 saturated carbocycles. The predicted molar refractivity (Wildman–Crippen MR) is 67.6 cm³/mol. The van der Waals surface area contributed by atoms with E-state index in [-0.39, 0.29) is 5.69 Å². The van der Waals surface area contributed by atoms with Gasteiger partial charge in [-0.3, -0.25) is 14.9 Å². The lowest BCUT2D eigenvalue weighted by molar-refractivity contribution is -0.384. The van der Waals surface area contributed by atoms with Gasteiger partial charge in [0.1, 0.15) is 5.69 Å². The first kappa shape index (κ1) is 11.6. The summed E-state index contributed by atoms with van der Waals surface area (Å²) in [7, 11) is 0. The molecule has 1 aromatic carbocycles. The smallest absolute Gasteiger partial charge is 0.269 e. The zero-order valence-electron chi connectivity index (χ0n) is 10.1. The van der Waals surface area contributed by atoms with Gasteiger partial charge in [-0.05, 0) is 31.4 Å². The molecule has 2 aromatic rings. The van der Waals surface area contributed by atoms with E-state index in [1.54, 1.807) is 16.8 Å². The maximum absolute atomic E-state index is 11.0. The highest BCUT2D eigenvalue weighted by atomic mass is 16.6. The molecule has 1 aromatic heterocycles. The fourth-order valence-electron chi connectivity index (χ4n) is 2.49. The van der Waals surface area contributed by atoms with E-state index < -0.39 is 4.92 Å². The third-order valence-electron chi connectivity index (χ3n) is 3.38. The fourth-order valence-corrected chi connectivity index (χ4v) is 2.49. The van der Waals surface area contributed by atoms with Crippen LogP contribution in [0.15, 0.2) is 24.3 Å². The SMILES string of the molecule is O=Cc1nn(-c2ccc([N+](=O)[O-])cc2)c2c1CCC2. The lowest BCUT2D eigenvalue weighted by Gasteiger charge is -2.04. The first-order valence-corrected chi connectivity index (χ1v) is 6.01. The molecule has 1 heterocycles. The molecule has 0 unspecified atom stereocenters. The van der Waals surface area contributed by atoms with Crippen LogP contribution < -0.4 is 0 Å². The van der Waals surface area contributed by atoms with Gasteiger partial charge < -0.3 is 0 Å². The molecule has 6 nitrogen and oxygen atoms in total. The molecular weight excluding hydrogens is 246 g/mol. The summed E-state index contributed by atoms with van der Waals surface area (Å²) in [6.07, 6.45) is 3.54. The molecule has 0 amide bonds. The Hall–Kier alpha value is -2.50. The van der Waals surface area contributed by atoms with E-state index in [9.17, 15) is 14.9 Å². The lowest BCUT2D eigenvalue weighted by atomic mass is 10.2. The van der Waals surface area contributed by atoms with Gasteiger partial charge >= 0.3 is 0 Å². The van der Waals surface area contributed by atoms with Crippen molar-refractivity contribution in [2.45, 2.75) is 19.3 Å². The van der Waals surface area contributed by atoms with Gasteiger partial charge in [-0.15, -0.1) is 0 Å². The minimum atomic E-state index is -0.436. The minimum absolute atomic E-state index is 0.0446. The van der Waals surface area contributed by atoms with Crippen molar-refractivity contribution in [3.05, 3.63) is 51.3 Å². The molecule has 1 aliphatic carbocycles. The number of rotatable bonds is 3. The van der Waals surface area contributed by atoms with Crippen molar-refractivity contribution in [3.63, 3.8) is 0 Å². The summed E-state index contributed by atoms with van der Waals surface area (Å²) in [4.78, 5) is 21.2. The Balaban J connectivity index is 2.07. The Bertz CT molecular complexity index is 659. The zero-order valence-corrected chi connectivity index (χ0v) is 10.1. The maximum atomic E-state index is 11.0. The average Bonchev–Trinajstić information content (AvgIpc) is 3.00. The van der Waals surface area contributed by atoms with Gasteiger partial charge in [0.25, 0.3) is 5.69 Å². The summed E-state index contributed by atoms with van der Waals surface area (Å²) in [6, 6.07) is 6.19. The van der Waals surface area contributed by atoms with Crippen LogP contribution in [0.5, 0.6) is 0 Å². The van der Waals surface area contributed by atoms with E-state index in [4.69, 9.17) is 0 Å². The van der Waals surface area contributed by atoms with E-state index in [2.05, 4.69) is 5.10 Å².